The van der Waals surface area contributed by atoms with E-state index < -0.39 is 5.41 Å². The number of esters is 1. The van der Waals surface area contributed by atoms with E-state index in [1.165, 1.54) is 12.1 Å². The fraction of sp³-hybridized carbons (Fsp3) is 0.682. The van der Waals surface area contributed by atoms with Gasteiger partial charge in [-0.2, -0.15) is 0 Å². The van der Waals surface area contributed by atoms with E-state index in [4.69, 9.17) is 4.74 Å². The van der Waals surface area contributed by atoms with Crippen LogP contribution in [0.1, 0.15) is 72.4 Å². The van der Waals surface area contributed by atoms with Gasteiger partial charge in [-0.1, -0.05) is 41.5 Å². The first-order chi connectivity index (χ1) is 11.7. The van der Waals surface area contributed by atoms with Crippen LogP contribution < -0.4 is 0 Å². The molecule has 0 amide bonds. The highest BCUT2D eigenvalue weighted by atomic mass is 16.5. The van der Waals surface area contributed by atoms with Gasteiger partial charge in [-0.15, -0.1) is 0 Å². The van der Waals surface area contributed by atoms with Crippen molar-refractivity contribution in [2.45, 2.75) is 80.3 Å². The van der Waals surface area contributed by atoms with E-state index in [1.54, 1.807) is 0 Å². The summed E-state index contributed by atoms with van der Waals surface area (Å²) in [6.07, 6.45) is 2.16. The van der Waals surface area contributed by atoms with Crippen molar-refractivity contribution in [2.75, 3.05) is 0 Å². The average molecular weight is 363 g/mol. The number of ether oxygens (including phenoxy) is 1. The summed E-state index contributed by atoms with van der Waals surface area (Å²) in [5.74, 6) is 0.190. The lowest BCUT2D eigenvalue weighted by molar-refractivity contribution is -0.171. The standard InChI is InChI=1S/C22H34O4/c1-20(2,3)13-22(7,21(4,5)6)19(25)26-14-8-9-15-16(12-14)18(24)11-10-17(15)23/h10-11,14,23-24H,8-9,12-13H2,1-7H3. The number of carbonyl (C=O) groups excluding carboxylic acids is 1. The van der Waals surface area contributed by atoms with Gasteiger partial charge in [0.25, 0.3) is 0 Å². The Bertz CT molecular complexity index is 679. The minimum atomic E-state index is -0.605. The maximum Gasteiger partial charge on any atom is 0.312 e. The van der Waals surface area contributed by atoms with E-state index in [9.17, 15) is 15.0 Å². The normalized spacial score (nSPS) is 20.2. The lowest BCUT2D eigenvalue weighted by atomic mass is 9.61. The molecule has 0 aliphatic heterocycles. The van der Waals surface area contributed by atoms with Gasteiger partial charge in [-0.3, -0.25) is 4.79 Å². The molecule has 0 aromatic heterocycles. The van der Waals surface area contributed by atoms with Gasteiger partial charge in [-0.25, -0.2) is 0 Å². The first-order valence-electron chi connectivity index (χ1n) is 9.48. The Labute approximate surface area is 157 Å². The van der Waals surface area contributed by atoms with Crippen LogP contribution in [0.5, 0.6) is 11.5 Å². The molecule has 4 nitrogen and oxygen atoms in total. The number of hydrogen-bond donors (Lipinski definition) is 2. The molecule has 1 aliphatic rings. The van der Waals surface area contributed by atoms with Gasteiger partial charge in [0.2, 0.25) is 0 Å². The second-order valence-corrected chi connectivity index (χ2v) is 10.2. The highest BCUT2D eigenvalue weighted by molar-refractivity contribution is 5.77. The minimum absolute atomic E-state index is 0.00424. The molecule has 2 atom stereocenters. The Morgan fingerprint density at radius 2 is 1.58 bits per heavy atom. The zero-order valence-corrected chi connectivity index (χ0v) is 17.3. The van der Waals surface area contributed by atoms with Crippen LogP contribution in [0.3, 0.4) is 0 Å². The molecule has 1 aromatic carbocycles. The number of aromatic hydroxyl groups is 2. The van der Waals surface area contributed by atoms with Gasteiger partial charge in [0.1, 0.15) is 17.6 Å². The molecule has 0 fully saturated rings. The quantitative estimate of drug-likeness (QED) is 0.587. The summed E-state index contributed by atoms with van der Waals surface area (Å²) in [6.45, 7) is 14.7. The lowest BCUT2D eigenvalue weighted by Gasteiger charge is -2.44. The number of phenols is 2. The lowest BCUT2D eigenvalue weighted by Crippen LogP contribution is -2.46. The molecule has 4 heteroatoms. The van der Waals surface area contributed by atoms with Crippen LogP contribution in [0.2, 0.25) is 0 Å². The van der Waals surface area contributed by atoms with E-state index in [-0.39, 0.29) is 34.4 Å². The molecule has 0 bridgehead atoms. The number of phenolic OH excluding ortho intramolecular Hbond substituents is 2. The maximum absolute atomic E-state index is 13.2. The average Bonchev–Trinajstić information content (AvgIpc) is 2.48. The van der Waals surface area contributed by atoms with Gasteiger partial charge in [0.15, 0.2) is 0 Å². The zero-order chi connectivity index (χ0) is 19.9. The van der Waals surface area contributed by atoms with Gasteiger partial charge in [-0.05, 0) is 49.1 Å². The van der Waals surface area contributed by atoms with E-state index >= 15 is 0 Å². The van der Waals surface area contributed by atoms with Crippen LogP contribution in [0, 0.1) is 16.2 Å². The summed E-state index contributed by atoms with van der Waals surface area (Å²) in [4.78, 5) is 13.2. The first kappa shape index (κ1) is 20.6. The summed E-state index contributed by atoms with van der Waals surface area (Å²) >= 11 is 0. The number of hydrogen-bond acceptors (Lipinski definition) is 4. The largest absolute Gasteiger partial charge is 0.508 e. The SMILES string of the molecule is CC(C)(C)CC(C)(C(=O)OC1CCc2c(O)ccc(O)c2C1)C(C)(C)C. The highest BCUT2D eigenvalue weighted by Gasteiger charge is 2.48. The summed E-state index contributed by atoms with van der Waals surface area (Å²) < 4.78 is 5.95. The monoisotopic (exact) mass is 362 g/mol. The van der Waals surface area contributed by atoms with E-state index in [1.807, 2.05) is 6.92 Å². The predicted molar refractivity (Wildman–Crippen MR) is 103 cm³/mol. The van der Waals surface area contributed by atoms with Crippen LogP contribution in [0.4, 0.5) is 0 Å². The smallest absolute Gasteiger partial charge is 0.312 e. The third-order valence-electron chi connectivity index (χ3n) is 5.79. The van der Waals surface area contributed by atoms with Crippen molar-refractivity contribution in [3.8, 4) is 11.5 Å². The molecule has 1 aliphatic carbocycles. The van der Waals surface area contributed by atoms with Crippen molar-refractivity contribution in [3.05, 3.63) is 23.3 Å². The Kier molecular flexibility index (Phi) is 5.38. The molecule has 1 aromatic rings. The Morgan fingerprint density at radius 1 is 1.04 bits per heavy atom. The van der Waals surface area contributed by atoms with Crippen LogP contribution >= 0.6 is 0 Å². The summed E-state index contributed by atoms with van der Waals surface area (Å²) in [6, 6.07) is 3.01. The molecule has 2 unspecified atom stereocenters. The van der Waals surface area contributed by atoms with Crippen LogP contribution in [0.15, 0.2) is 12.1 Å². The van der Waals surface area contributed by atoms with Crippen molar-refractivity contribution in [1.82, 2.24) is 0 Å². The van der Waals surface area contributed by atoms with Crippen molar-refractivity contribution in [3.63, 3.8) is 0 Å². The third-order valence-corrected chi connectivity index (χ3v) is 5.79. The van der Waals surface area contributed by atoms with Crippen LogP contribution in [-0.4, -0.2) is 22.3 Å². The predicted octanol–water partition coefficient (Wildman–Crippen LogP) is 4.99. The molecule has 2 N–H and O–H groups in total. The molecule has 0 heterocycles. The minimum Gasteiger partial charge on any atom is -0.508 e. The van der Waals surface area contributed by atoms with Gasteiger partial charge in [0.05, 0.1) is 5.41 Å². The molecular weight excluding hydrogens is 328 g/mol. The van der Waals surface area contributed by atoms with Crippen LogP contribution in [0.25, 0.3) is 0 Å². The molecule has 26 heavy (non-hydrogen) atoms. The zero-order valence-electron chi connectivity index (χ0n) is 17.3. The number of fused-ring (bicyclic) bond motifs is 1. The van der Waals surface area contributed by atoms with E-state index in [2.05, 4.69) is 41.5 Å². The fourth-order valence-corrected chi connectivity index (χ4v) is 3.90. The summed E-state index contributed by atoms with van der Waals surface area (Å²) in [5, 5.41) is 20.1. The number of benzene rings is 1. The van der Waals surface area contributed by atoms with Crippen molar-refractivity contribution in [2.24, 2.45) is 16.2 Å². The van der Waals surface area contributed by atoms with Crippen molar-refractivity contribution >= 4 is 5.97 Å². The molecule has 0 saturated carbocycles. The van der Waals surface area contributed by atoms with Gasteiger partial charge >= 0.3 is 5.97 Å². The Morgan fingerprint density at radius 3 is 2.08 bits per heavy atom. The maximum atomic E-state index is 13.2. The molecule has 146 valence electrons. The number of carbonyl (C=O) groups is 1. The molecular formula is C22H34O4. The second-order valence-electron chi connectivity index (χ2n) is 10.2. The molecule has 0 radical (unpaired) electrons. The van der Waals surface area contributed by atoms with Crippen molar-refractivity contribution in [1.29, 1.82) is 0 Å². The van der Waals surface area contributed by atoms with Crippen molar-refractivity contribution < 1.29 is 19.7 Å². The van der Waals surface area contributed by atoms with Gasteiger partial charge in [0, 0.05) is 17.5 Å². The molecule has 2 rings (SSSR count). The topological polar surface area (TPSA) is 66.8 Å². The van der Waals surface area contributed by atoms with Gasteiger partial charge < -0.3 is 14.9 Å². The second kappa shape index (κ2) is 6.79. The van der Waals surface area contributed by atoms with E-state index in [0.717, 1.165) is 12.0 Å². The Hall–Kier alpha value is -1.71. The fourth-order valence-electron chi connectivity index (χ4n) is 3.90. The Balaban J connectivity index is 2.21. The highest BCUT2D eigenvalue weighted by Crippen LogP contribution is 2.48. The summed E-state index contributed by atoms with van der Waals surface area (Å²) in [5.41, 5.74) is 0.633. The molecule has 0 saturated heterocycles. The van der Waals surface area contributed by atoms with E-state index in [0.29, 0.717) is 24.8 Å². The summed E-state index contributed by atoms with van der Waals surface area (Å²) in [7, 11) is 0. The molecule has 0 spiro atoms. The first-order valence-corrected chi connectivity index (χ1v) is 9.48. The van der Waals surface area contributed by atoms with Crippen LogP contribution in [-0.2, 0) is 22.4 Å². The number of rotatable bonds is 3. The third kappa shape index (κ3) is 4.16.